The minimum absolute atomic E-state index is 0.106. The lowest BCUT2D eigenvalue weighted by Crippen LogP contribution is -2.21. The summed E-state index contributed by atoms with van der Waals surface area (Å²) in [6.07, 6.45) is -3.42. The molecule has 0 atom stereocenters. The van der Waals surface area contributed by atoms with E-state index in [0.717, 1.165) is 13.0 Å². The van der Waals surface area contributed by atoms with Gasteiger partial charge in [0.1, 0.15) is 0 Å². The minimum atomic E-state index is -4.36. The van der Waals surface area contributed by atoms with E-state index in [2.05, 4.69) is 13.8 Å². The van der Waals surface area contributed by atoms with Crippen molar-refractivity contribution in [2.45, 2.75) is 33.0 Å². The third-order valence-electron chi connectivity index (χ3n) is 3.10. The fourth-order valence-electron chi connectivity index (χ4n) is 1.82. The molecule has 0 radical (unpaired) electrons. The van der Waals surface area contributed by atoms with Crippen molar-refractivity contribution in [1.82, 2.24) is 0 Å². The van der Waals surface area contributed by atoms with Crippen molar-refractivity contribution >= 4 is 5.69 Å². The summed E-state index contributed by atoms with van der Waals surface area (Å²) >= 11 is 0. The van der Waals surface area contributed by atoms with E-state index in [-0.39, 0.29) is 12.1 Å². The second-order valence-electron chi connectivity index (χ2n) is 5.15. The highest BCUT2D eigenvalue weighted by molar-refractivity contribution is 5.51. The topological polar surface area (TPSA) is 29.3 Å². The first-order valence-electron chi connectivity index (χ1n) is 6.37. The molecule has 1 rings (SSSR count). The molecule has 0 amide bonds. The van der Waals surface area contributed by atoms with Gasteiger partial charge in [0.25, 0.3) is 0 Å². The van der Waals surface area contributed by atoms with E-state index in [1.54, 1.807) is 13.1 Å². The lowest BCUT2D eigenvalue weighted by molar-refractivity contribution is -0.138. The maximum atomic E-state index is 12.9. The Balaban J connectivity index is 2.98. The number of anilines is 1. The van der Waals surface area contributed by atoms with Crippen molar-refractivity contribution < 1.29 is 13.2 Å². The van der Waals surface area contributed by atoms with E-state index < -0.39 is 11.7 Å². The van der Waals surface area contributed by atoms with Crippen LogP contribution in [0.3, 0.4) is 0 Å². The van der Waals surface area contributed by atoms with Crippen molar-refractivity contribution in [3.63, 3.8) is 0 Å². The number of hydrogen-bond acceptors (Lipinski definition) is 2. The molecule has 0 saturated carbocycles. The molecule has 19 heavy (non-hydrogen) atoms. The molecule has 0 fully saturated rings. The monoisotopic (exact) mass is 274 g/mol. The Bertz CT molecular complexity index is 414. The lowest BCUT2D eigenvalue weighted by Gasteiger charge is -2.22. The van der Waals surface area contributed by atoms with E-state index in [4.69, 9.17) is 5.73 Å². The molecule has 0 aliphatic heterocycles. The van der Waals surface area contributed by atoms with Crippen LogP contribution in [0.2, 0.25) is 0 Å². The predicted molar refractivity (Wildman–Crippen MR) is 72.1 cm³/mol. The molecule has 0 aliphatic carbocycles. The zero-order chi connectivity index (χ0) is 14.6. The van der Waals surface area contributed by atoms with Gasteiger partial charge < -0.3 is 10.6 Å². The summed E-state index contributed by atoms with van der Waals surface area (Å²) < 4.78 is 38.8. The van der Waals surface area contributed by atoms with Crippen LogP contribution in [0.15, 0.2) is 18.2 Å². The SMILES string of the molecule is CC(C)CCN(C)c1ccc(CN)c(C(F)(F)F)c1. The van der Waals surface area contributed by atoms with Crippen molar-refractivity contribution in [1.29, 1.82) is 0 Å². The third-order valence-corrected chi connectivity index (χ3v) is 3.10. The van der Waals surface area contributed by atoms with Gasteiger partial charge in [-0.1, -0.05) is 19.9 Å². The molecule has 0 unspecified atom stereocenters. The van der Waals surface area contributed by atoms with Crippen LogP contribution in [0, 0.1) is 5.92 Å². The number of benzene rings is 1. The smallest absolute Gasteiger partial charge is 0.375 e. The summed E-state index contributed by atoms with van der Waals surface area (Å²) in [6, 6.07) is 4.34. The molecular formula is C14H21F3N2. The number of hydrogen-bond donors (Lipinski definition) is 1. The number of nitrogens with zero attached hydrogens (tertiary/aromatic N) is 1. The van der Waals surface area contributed by atoms with Gasteiger partial charge in [-0.15, -0.1) is 0 Å². The molecule has 0 saturated heterocycles. The zero-order valence-corrected chi connectivity index (χ0v) is 11.6. The van der Waals surface area contributed by atoms with Crippen LogP contribution in [-0.2, 0) is 12.7 Å². The van der Waals surface area contributed by atoms with E-state index in [1.165, 1.54) is 12.1 Å². The molecule has 2 N–H and O–H groups in total. The molecule has 0 aliphatic rings. The Hall–Kier alpha value is -1.23. The maximum absolute atomic E-state index is 12.9. The summed E-state index contributed by atoms with van der Waals surface area (Å²) in [7, 11) is 1.81. The van der Waals surface area contributed by atoms with Crippen LogP contribution in [0.5, 0.6) is 0 Å². The van der Waals surface area contributed by atoms with Crippen molar-refractivity contribution in [3.8, 4) is 0 Å². The van der Waals surface area contributed by atoms with Crippen molar-refractivity contribution in [3.05, 3.63) is 29.3 Å². The Morgan fingerprint density at radius 1 is 1.26 bits per heavy atom. The molecular weight excluding hydrogens is 253 g/mol. The highest BCUT2D eigenvalue weighted by Crippen LogP contribution is 2.34. The molecule has 0 bridgehead atoms. The Morgan fingerprint density at radius 3 is 2.37 bits per heavy atom. The first-order chi connectivity index (χ1) is 8.75. The van der Waals surface area contributed by atoms with Gasteiger partial charge in [0.05, 0.1) is 5.56 Å². The van der Waals surface area contributed by atoms with Crippen LogP contribution in [0.25, 0.3) is 0 Å². The largest absolute Gasteiger partial charge is 0.416 e. The van der Waals surface area contributed by atoms with E-state index >= 15 is 0 Å². The number of alkyl halides is 3. The van der Waals surface area contributed by atoms with E-state index in [9.17, 15) is 13.2 Å². The quantitative estimate of drug-likeness (QED) is 0.888. The summed E-state index contributed by atoms with van der Waals surface area (Å²) in [6.45, 7) is 4.81. The summed E-state index contributed by atoms with van der Waals surface area (Å²) in [4.78, 5) is 1.84. The molecule has 0 aromatic heterocycles. The van der Waals surface area contributed by atoms with Gasteiger partial charge in [0, 0.05) is 25.8 Å². The molecule has 1 aromatic rings. The van der Waals surface area contributed by atoms with Crippen LogP contribution in [0.1, 0.15) is 31.4 Å². The van der Waals surface area contributed by atoms with Crippen LogP contribution in [0.4, 0.5) is 18.9 Å². The molecule has 1 aromatic carbocycles. The highest BCUT2D eigenvalue weighted by Gasteiger charge is 2.33. The minimum Gasteiger partial charge on any atom is -0.375 e. The van der Waals surface area contributed by atoms with Gasteiger partial charge in [-0.25, -0.2) is 0 Å². The average molecular weight is 274 g/mol. The Morgan fingerprint density at radius 2 is 1.89 bits per heavy atom. The van der Waals surface area contributed by atoms with Gasteiger partial charge >= 0.3 is 6.18 Å². The van der Waals surface area contributed by atoms with Gasteiger partial charge in [-0.2, -0.15) is 13.2 Å². The van der Waals surface area contributed by atoms with Crippen molar-refractivity contribution in [2.75, 3.05) is 18.5 Å². The predicted octanol–water partition coefficient (Wildman–Crippen LogP) is 3.65. The van der Waals surface area contributed by atoms with Crippen molar-refractivity contribution in [2.24, 2.45) is 11.7 Å². The molecule has 5 heteroatoms. The van der Waals surface area contributed by atoms with Crippen LogP contribution < -0.4 is 10.6 Å². The summed E-state index contributed by atoms with van der Waals surface area (Å²) in [5, 5.41) is 0. The highest BCUT2D eigenvalue weighted by atomic mass is 19.4. The standard InChI is InChI=1S/C14H21F3N2/c1-10(2)6-7-19(3)12-5-4-11(9-18)13(8-12)14(15,16)17/h4-5,8,10H,6-7,9,18H2,1-3H3. The second-order valence-corrected chi connectivity index (χ2v) is 5.15. The normalized spacial score (nSPS) is 12.0. The fourth-order valence-corrected chi connectivity index (χ4v) is 1.82. The Labute approximate surface area is 112 Å². The molecule has 0 spiro atoms. The number of halogens is 3. The average Bonchev–Trinajstić information content (AvgIpc) is 2.34. The Kier molecular flexibility index (Phi) is 5.23. The van der Waals surface area contributed by atoms with Gasteiger partial charge in [0.15, 0.2) is 0 Å². The maximum Gasteiger partial charge on any atom is 0.416 e. The van der Waals surface area contributed by atoms with E-state index in [0.29, 0.717) is 11.6 Å². The van der Waals surface area contributed by atoms with E-state index in [1.807, 2.05) is 4.90 Å². The molecule has 2 nitrogen and oxygen atoms in total. The van der Waals surface area contributed by atoms with Gasteiger partial charge in [-0.3, -0.25) is 0 Å². The molecule has 0 heterocycles. The molecule has 108 valence electrons. The number of rotatable bonds is 5. The first-order valence-corrected chi connectivity index (χ1v) is 6.37. The first kappa shape index (κ1) is 15.8. The number of nitrogens with two attached hydrogens (primary N) is 1. The fraction of sp³-hybridized carbons (Fsp3) is 0.571. The van der Waals surface area contributed by atoms with Gasteiger partial charge in [0.2, 0.25) is 0 Å². The lowest BCUT2D eigenvalue weighted by atomic mass is 10.1. The zero-order valence-electron chi connectivity index (χ0n) is 11.6. The van der Waals surface area contributed by atoms with Crippen LogP contribution in [-0.4, -0.2) is 13.6 Å². The summed E-state index contributed by atoms with van der Waals surface area (Å²) in [5.41, 5.74) is 5.43. The van der Waals surface area contributed by atoms with Crippen LogP contribution >= 0.6 is 0 Å². The van der Waals surface area contributed by atoms with Gasteiger partial charge in [-0.05, 0) is 30.0 Å². The second kappa shape index (κ2) is 6.28. The summed E-state index contributed by atoms with van der Waals surface area (Å²) in [5.74, 6) is 0.521. The third kappa shape index (κ3) is 4.42.